The van der Waals surface area contributed by atoms with Crippen molar-refractivity contribution in [3.63, 3.8) is 0 Å². The number of alkyl halides is 1. The van der Waals surface area contributed by atoms with Crippen LogP contribution in [0.15, 0.2) is 78.9 Å². The predicted molar refractivity (Wildman–Crippen MR) is 123 cm³/mol. The molecule has 0 aliphatic heterocycles. The van der Waals surface area contributed by atoms with Gasteiger partial charge in [0.2, 0.25) is 0 Å². The predicted octanol–water partition coefficient (Wildman–Crippen LogP) is 6.86. The minimum Gasteiger partial charge on any atom is -0.497 e. The first-order valence-electron chi connectivity index (χ1n) is 9.28. The monoisotopic (exact) mass is 456 g/mol. The van der Waals surface area contributed by atoms with E-state index >= 15 is 0 Å². The highest BCUT2D eigenvalue weighted by atomic mass is 79.9. The van der Waals surface area contributed by atoms with Crippen molar-refractivity contribution in [3.8, 4) is 11.5 Å². The van der Waals surface area contributed by atoms with Gasteiger partial charge in [-0.1, -0.05) is 70.5 Å². The number of methoxy groups -OCH3 is 2. The van der Waals surface area contributed by atoms with E-state index in [4.69, 9.17) is 9.47 Å². The van der Waals surface area contributed by atoms with Crippen LogP contribution in [0.5, 0.6) is 11.5 Å². The van der Waals surface area contributed by atoms with Gasteiger partial charge in [0.15, 0.2) is 0 Å². The SMILES string of the molecule is COc1cccc([C@H](Br)[C@@H](SCCc2ccccc2)c2cccc(OC)c2)c1. The normalized spacial score (nSPS) is 13.0. The lowest BCUT2D eigenvalue weighted by Crippen LogP contribution is -2.05. The third kappa shape index (κ3) is 5.55. The molecular formula is C24H25BrO2S. The van der Waals surface area contributed by atoms with Crippen LogP contribution in [0.25, 0.3) is 0 Å². The molecule has 0 N–H and O–H groups in total. The Hall–Kier alpha value is -1.91. The summed E-state index contributed by atoms with van der Waals surface area (Å²) >= 11 is 5.93. The van der Waals surface area contributed by atoms with Crippen LogP contribution in [0.3, 0.4) is 0 Å². The number of hydrogen-bond acceptors (Lipinski definition) is 3. The highest BCUT2D eigenvalue weighted by Gasteiger charge is 2.24. The molecule has 3 aromatic rings. The number of rotatable bonds is 9. The smallest absolute Gasteiger partial charge is 0.119 e. The Morgan fingerprint density at radius 3 is 2.04 bits per heavy atom. The van der Waals surface area contributed by atoms with E-state index in [2.05, 4.69) is 76.6 Å². The number of benzene rings is 3. The minimum atomic E-state index is 0.162. The average molecular weight is 457 g/mol. The Bertz CT molecular complexity index is 869. The van der Waals surface area contributed by atoms with Gasteiger partial charge in [0, 0.05) is 5.25 Å². The molecule has 0 saturated heterocycles. The van der Waals surface area contributed by atoms with E-state index in [0.717, 1.165) is 23.7 Å². The Morgan fingerprint density at radius 1 is 0.786 bits per heavy atom. The van der Waals surface area contributed by atoms with Gasteiger partial charge < -0.3 is 9.47 Å². The average Bonchev–Trinajstić information content (AvgIpc) is 2.77. The fraction of sp³-hybridized carbons (Fsp3) is 0.250. The molecule has 0 fully saturated rings. The summed E-state index contributed by atoms with van der Waals surface area (Å²) in [6.45, 7) is 0. The Morgan fingerprint density at radius 2 is 1.39 bits per heavy atom. The first kappa shape index (κ1) is 20.8. The number of hydrogen-bond donors (Lipinski definition) is 0. The fourth-order valence-corrected chi connectivity index (χ4v) is 5.42. The fourth-order valence-electron chi connectivity index (χ4n) is 3.10. The van der Waals surface area contributed by atoms with Crippen molar-refractivity contribution in [2.24, 2.45) is 0 Å². The summed E-state index contributed by atoms with van der Waals surface area (Å²) in [6, 6.07) is 27.3. The minimum absolute atomic E-state index is 0.162. The van der Waals surface area contributed by atoms with E-state index in [0.29, 0.717) is 0 Å². The lowest BCUT2D eigenvalue weighted by molar-refractivity contribution is 0.413. The van der Waals surface area contributed by atoms with Gasteiger partial charge >= 0.3 is 0 Å². The maximum atomic E-state index is 5.46. The molecule has 0 aromatic heterocycles. The molecular weight excluding hydrogens is 432 g/mol. The Balaban J connectivity index is 1.82. The summed E-state index contributed by atoms with van der Waals surface area (Å²) < 4.78 is 10.9. The van der Waals surface area contributed by atoms with Gasteiger partial charge in [0.1, 0.15) is 11.5 Å². The third-order valence-corrected chi connectivity index (χ3v) is 7.38. The second-order valence-corrected chi connectivity index (χ2v) is 8.72. The van der Waals surface area contributed by atoms with Crippen LogP contribution in [0.2, 0.25) is 0 Å². The lowest BCUT2D eigenvalue weighted by Gasteiger charge is -2.24. The van der Waals surface area contributed by atoms with Crippen molar-refractivity contribution in [2.75, 3.05) is 20.0 Å². The van der Waals surface area contributed by atoms with Gasteiger partial charge in [-0.2, -0.15) is 11.8 Å². The number of aryl methyl sites for hydroxylation is 1. The van der Waals surface area contributed by atoms with Crippen LogP contribution < -0.4 is 9.47 Å². The lowest BCUT2D eigenvalue weighted by atomic mass is 10.0. The molecule has 28 heavy (non-hydrogen) atoms. The van der Waals surface area contributed by atoms with Crippen molar-refractivity contribution in [1.82, 2.24) is 0 Å². The summed E-state index contributed by atoms with van der Waals surface area (Å²) in [6.07, 6.45) is 1.05. The summed E-state index contributed by atoms with van der Waals surface area (Å²) in [5.74, 6) is 2.80. The molecule has 0 saturated carbocycles. The van der Waals surface area contributed by atoms with E-state index in [1.165, 1.54) is 16.7 Å². The molecule has 0 heterocycles. The van der Waals surface area contributed by atoms with Gasteiger partial charge in [-0.15, -0.1) is 0 Å². The summed E-state index contributed by atoms with van der Waals surface area (Å²) in [5.41, 5.74) is 3.83. The molecule has 0 unspecified atom stereocenters. The van der Waals surface area contributed by atoms with Gasteiger partial charge in [0.25, 0.3) is 0 Å². The molecule has 3 rings (SSSR count). The van der Waals surface area contributed by atoms with E-state index < -0.39 is 0 Å². The number of thioether (sulfide) groups is 1. The topological polar surface area (TPSA) is 18.5 Å². The van der Waals surface area contributed by atoms with Crippen LogP contribution in [-0.4, -0.2) is 20.0 Å². The van der Waals surface area contributed by atoms with Crippen molar-refractivity contribution in [1.29, 1.82) is 0 Å². The molecule has 2 atom stereocenters. The molecule has 4 heteroatoms. The van der Waals surface area contributed by atoms with Gasteiger partial charge in [-0.25, -0.2) is 0 Å². The Kier molecular flexibility index (Phi) is 7.87. The van der Waals surface area contributed by atoms with Crippen LogP contribution >= 0.6 is 27.7 Å². The van der Waals surface area contributed by atoms with E-state index in [1.54, 1.807) is 14.2 Å². The standard InChI is InChI=1S/C24H25BrO2S/c1-26-21-12-6-10-19(16-21)23(25)24(20-11-7-13-22(17-20)27-2)28-15-14-18-8-4-3-5-9-18/h3-13,16-17,23-24H,14-15H2,1-2H3/t23-,24-/m0/s1. The summed E-state index contributed by atoms with van der Waals surface area (Å²) in [5, 5.41) is 0.255. The van der Waals surface area contributed by atoms with Crippen molar-refractivity contribution >= 4 is 27.7 Å². The molecule has 0 amide bonds. The molecule has 146 valence electrons. The summed E-state index contributed by atoms with van der Waals surface area (Å²) in [4.78, 5) is 0.162. The molecule has 2 nitrogen and oxygen atoms in total. The van der Waals surface area contributed by atoms with Crippen molar-refractivity contribution in [2.45, 2.75) is 16.5 Å². The zero-order valence-electron chi connectivity index (χ0n) is 16.2. The number of ether oxygens (including phenoxy) is 2. The van der Waals surface area contributed by atoms with E-state index in [1.807, 2.05) is 30.0 Å². The molecule has 0 radical (unpaired) electrons. The quantitative estimate of drug-likeness (QED) is 0.327. The highest BCUT2D eigenvalue weighted by Crippen LogP contribution is 2.46. The zero-order chi connectivity index (χ0) is 19.8. The first-order valence-corrected chi connectivity index (χ1v) is 11.2. The second kappa shape index (κ2) is 10.6. The summed E-state index contributed by atoms with van der Waals surface area (Å²) in [7, 11) is 3.42. The molecule has 0 aliphatic rings. The highest BCUT2D eigenvalue weighted by molar-refractivity contribution is 9.09. The van der Waals surface area contributed by atoms with E-state index in [9.17, 15) is 0 Å². The van der Waals surface area contributed by atoms with Crippen LogP contribution in [-0.2, 0) is 6.42 Å². The first-order chi connectivity index (χ1) is 13.7. The largest absolute Gasteiger partial charge is 0.497 e. The molecule has 3 aromatic carbocycles. The van der Waals surface area contributed by atoms with Gasteiger partial charge in [-0.05, 0) is 53.1 Å². The molecule has 0 bridgehead atoms. The van der Waals surface area contributed by atoms with Gasteiger partial charge in [-0.3, -0.25) is 0 Å². The Labute approximate surface area is 180 Å². The van der Waals surface area contributed by atoms with Crippen molar-refractivity contribution in [3.05, 3.63) is 95.6 Å². The third-order valence-electron chi connectivity index (χ3n) is 4.63. The van der Waals surface area contributed by atoms with Crippen LogP contribution in [0, 0.1) is 0 Å². The maximum absolute atomic E-state index is 5.46. The maximum Gasteiger partial charge on any atom is 0.119 e. The molecule has 0 spiro atoms. The zero-order valence-corrected chi connectivity index (χ0v) is 18.6. The van der Waals surface area contributed by atoms with Crippen molar-refractivity contribution < 1.29 is 9.47 Å². The van der Waals surface area contributed by atoms with Crippen LogP contribution in [0.4, 0.5) is 0 Å². The van der Waals surface area contributed by atoms with Gasteiger partial charge in [0.05, 0.1) is 19.0 Å². The van der Waals surface area contributed by atoms with Crippen LogP contribution in [0.1, 0.15) is 26.8 Å². The number of halogens is 1. The molecule has 0 aliphatic carbocycles. The van der Waals surface area contributed by atoms with E-state index in [-0.39, 0.29) is 10.1 Å². The second-order valence-electron chi connectivity index (χ2n) is 6.48.